The lowest BCUT2D eigenvalue weighted by Gasteiger charge is -2.04. The molecule has 0 saturated heterocycles. The van der Waals surface area contributed by atoms with Gasteiger partial charge in [-0.05, 0) is 30.2 Å². The Hall–Kier alpha value is -2.67. The summed E-state index contributed by atoms with van der Waals surface area (Å²) in [5.41, 5.74) is 1.63. The Labute approximate surface area is 139 Å². The molecule has 1 aromatic carbocycles. The van der Waals surface area contributed by atoms with Gasteiger partial charge in [-0.1, -0.05) is 19.4 Å². The molecule has 7 nitrogen and oxygen atoms in total. The van der Waals surface area contributed by atoms with E-state index in [4.69, 9.17) is 4.74 Å². The molecule has 2 rings (SSSR count). The number of rotatable bonds is 6. The normalized spacial score (nSPS) is 11.1. The van der Waals surface area contributed by atoms with Gasteiger partial charge < -0.3 is 14.6 Å². The van der Waals surface area contributed by atoms with E-state index < -0.39 is 12.1 Å². The summed E-state index contributed by atoms with van der Waals surface area (Å²) in [5.74, 6) is -0.526. The van der Waals surface area contributed by atoms with E-state index in [0.717, 1.165) is 17.5 Å². The topological polar surface area (TPSA) is 90.7 Å². The quantitative estimate of drug-likeness (QED) is 0.496. The minimum atomic E-state index is -0.581. The molecule has 128 valence electrons. The fourth-order valence-electron chi connectivity index (χ4n) is 2.13. The lowest BCUT2D eigenvalue weighted by molar-refractivity contribution is -0.134. The second-order valence-corrected chi connectivity index (χ2v) is 5.13. The lowest BCUT2D eigenvalue weighted by atomic mass is 10.1. The number of ether oxygens (including phenoxy) is 2. The summed E-state index contributed by atoms with van der Waals surface area (Å²) in [6.45, 7) is 2.18. The number of fused-ring (bicyclic) bond motifs is 1. The zero-order valence-electron chi connectivity index (χ0n) is 13.7. The smallest absolute Gasteiger partial charge is 0.435 e. The van der Waals surface area contributed by atoms with Crippen molar-refractivity contribution in [1.82, 2.24) is 9.78 Å². The van der Waals surface area contributed by atoms with E-state index in [0.29, 0.717) is 28.8 Å². The van der Waals surface area contributed by atoms with Crippen LogP contribution >= 0.6 is 0 Å². The van der Waals surface area contributed by atoms with Gasteiger partial charge in [-0.3, -0.25) is 0 Å². The van der Waals surface area contributed by atoms with Crippen molar-refractivity contribution in [3.05, 3.63) is 35.5 Å². The molecule has 24 heavy (non-hydrogen) atoms. The van der Waals surface area contributed by atoms with Crippen molar-refractivity contribution >= 4 is 29.0 Å². The van der Waals surface area contributed by atoms with Crippen LogP contribution in [0, 0.1) is 0 Å². The zero-order valence-corrected chi connectivity index (χ0v) is 13.7. The van der Waals surface area contributed by atoms with E-state index in [1.807, 2.05) is 6.92 Å². The lowest BCUT2D eigenvalue weighted by Crippen LogP contribution is -2.15. The third kappa shape index (κ3) is 3.99. The minimum Gasteiger partial charge on any atom is -0.466 e. The van der Waals surface area contributed by atoms with Crippen LogP contribution in [-0.2, 0) is 20.9 Å². The number of benzene rings is 1. The van der Waals surface area contributed by atoms with Gasteiger partial charge in [0.1, 0.15) is 0 Å². The van der Waals surface area contributed by atoms with Gasteiger partial charge in [0.25, 0.3) is 0 Å². The number of aromatic nitrogens is 2. The van der Waals surface area contributed by atoms with E-state index in [2.05, 4.69) is 9.84 Å². The van der Waals surface area contributed by atoms with Gasteiger partial charge in [0, 0.05) is 11.5 Å². The number of aliphatic hydroxyl groups is 1. The molecule has 0 atom stereocenters. The van der Waals surface area contributed by atoms with Gasteiger partial charge in [0.15, 0.2) is 0 Å². The molecule has 0 fully saturated rings. The number of aliphatic hydroxyl groups excluding tert-OH is 1. The third-order valence-corrected chi connectivity index (χ3v) is 3.43. The summed E-state index contributed by atoms with van der Waals surface area (Å²) in [6.07, 6.45) is 3.79. The van der Waals surface area contributed by atoms with Gasteiger partial charge in [-0.15, -0.1) is 0 Å². The maximum atomic E-state index is 12.2. The van der Waals surface area contributed by atoms with Crippen molar-refractivity contribution in [2.45, 2.75) is 26.4 Å². The predicted molar refractivity (Wildman–Crippen MR) is 88.4 cm³/mol. The molecule has 0 saturated carbocycles. The van der Waals surface area contributed by atoms with Crippen LogP contribution in [0.4, 0.5) is 4.79 Å². The Morgan fingerprint density at radius 1 is 1.38 bits per heavy atom. The van der Waals surface area contributed by atoms with Gasteiger partial charge in [-0.2, -0.15) is 9.78 Å². The van der Waals surface area contributed by atoms with Crippen LogP contribution < -0.4 is 0 Å². The van der Waals surface area contributed by atoms with Crippen molar-refractivity contribution < 1.29 is 24.2 Å². The van der Waals surface area contributed by atoms with E-state index in [1.54, 1.807) is 18.2 Å². The fourth-order valence-corrected chi connectivity index (χ4v) is 2.13. The number of carbonyl (C=O) groups is 2. The highest BCUT2D eigenvalue weighted by molar-refractivity contribution is 5.96. The van der Waals surface area contributed by atoms with Crippen LogP contribution in [0.25, 0.3) is 17.0 Å². The molecule has 0 aliphatic rings. The van der Waals surface area contributed by atoms with Crippen molar-refractivity contribution in [3.63, 3.8) is 0 Å². The Bertz CT molecular complexity index is 764. The molecule has 0 aliphatic carbocycles. The van der Waals surface area contributed by atoms with Gasteiger partial charge in [0.2, 0.25) is 0 Å². The first-order chi connectivity index (χ1) is 11.6. The average Bonchev–Trinajstić information content (AvgIpc) is 2.97. The number of carbonyl (C=O) groups excluding carboxylic acids is 2. The summed E-state index contributed by atoms with van der Waals surface area (Å²) in [5, 5.41) is 14.1. The summed E-state index contributed by atoms with van der Waals surface area (Å²) in [6, 6.07) is 5.10. The number of hydrogen-bond acceptors (Lipinski definition) is 6. The van der Waals surface area contributed by atoms with E-state index in [1.165, 1.54) is 19.3 Å². The predicted octanol–water partition coefficient (Wildman–Crippen LogP) is 2.50. The standard InChI is InChI=1S/C17H20N2O5/c1-3-4-9-24-17(22)19-15-7-5-12(11-20)10-13(15)14(18-19)6-8-16(21)23-2/h5-8,10,20H,3-4,9,11H2,1-2H3/b8-6+. The molecule has 0 aliphatic heterocycles. The van der Waals surface area contributed by atoms with Crippen molar-refractivity contribution in [1.29, 1.82) is 0 Å². The fraction of sp³-hybridized carbons (Fsp3) is 0.353. The number of unbranched alkanes of at least 4 members (excludes halogenated alkanes) is 1. The molecule has 0 unspecified atom stereocenters. The Morgan fingerprint density at radius 3 is 2.83 bits per heavy atom. The number of nitrogens with zero attached hydrogens (tertiary/aromatic N) is 2. The van der Waals surface area contributed by atoms with Gasteiger partial charge >= 0.3 is 12.1 Å². The molecule has 0 radical (unpaired) electrons. The van der Waals surface area contributed by atoms with E-state index in [-0.39, 0.29) is 6.61 Å². The molecule has 1 N–H and O–H groups in total. The van der Waals surface area contributed by atoms with Crippen LogP contribution in [0.3, 0.4) is 0 Å². The summed E-state index contributed by atoms with van der Waals surface area (Å²) in [7, 11) is 1.28. The molecule has 0 spiro atoms. The number of esters is 1. The maximum Gasteiger partial charge on any atom is 0.435 e. The maximum absolute atomic E-state index is 12.2. The highest BCUT2D eigenvalue weighted by Crippen LogP contribution is 2.22. The number of hydrogen-bond donors (Lipinski definition) is 1. The molecule has 0 bridgehead atoms. The minimum absolute atomic E-state index is 0.137. The monoisotopic (exact) mass is 332 g/mol. The average molecular weight is 332 g/mol. The largest absolute Gasteiger partial charge is 0.466 e. The molecular weight excluding hydrogens is 312 g/mol. The first-order valence-electron chi connectivity index (χ1n) is 7.66. The van der Waals surface area contributed by atoms with Crippen LogP contribution in [-0.4, -0.2) is 40.7 Å². The first-order valence-corrected chi connectivity index (χ1v) is 7.66. The van der Waals surface area contributed by atoms with Crippen molar-refractivity contribution in [2.75, 3.05) is 13.7 Å². The van der Waals surface area contributed by atoms with Gasteiger partial charge in [0.05, 0.1) is 31.5 Å². The molecule has 2 aromatic rings. The highest BCUT2D eigenvalue weighted by atomic mass is 16.6. The Kier molecular flexibility index (Phi) is 6.08. The van der Waals surface area contributed by atoms with Crippen LogP contribution in [0.2, 0.25) is 0 Å². The highest BCUT2D eigenvalue weighted by Gasteiger charge is 2.16. The number of methoxy groups -OCH3 is 1. The van der Waals surface area contributed by atoms with Gasteiger partial charge in [-0.25, -0.2) is 9.59 Å². The van der Waals surface area contributed by atoms with Crippen molar-refractivity contribution in [2.24, 2.45) is 0 Å². The zero-order chi connectivity index (χ0) is 17.5. The van der Waals surface area contributed by atoms with E-state index >= 15 is 0 Å². The third-order valence-electron chi connectivity index (χ3n) is 3.43. The summed E-state index contributed by atoms with van der Waals surface area (Å²) in [4.78, 5) is 23.5. The molecule has 1 aromatic heterocycles. The van der Waals surface area contributed by atoms with Crippen LogP contribution in [0.15, 0.2) is 24.3 Å². The molecule has 0 amide bonds. The second-order valence-electron chi connectivity index (χ2n) is 5.13. The second kappa shape index (κ2) is 8.26. The van der Waals surface area contributed by atoms with E-state index in [9.17, 15) is 14.7 Å². The van der Waals surface area contributed by atoms with Crippen LogP contribution in [0.5, 0.6) is 0 Å². The molecular formula is C17H20N2O5. The van der Waals surface area contributed by atoms with Crippen LogP contribution in [0.1, 0.15) is 31.0 Å². The van der Waals surface area contributed by atoms with Crippen molar-refractivity contribution in [3.8, 4) is 0 Å². The summed E-state index contributed by atoms with van der Waals surface area (Å²) >= 11 is 0. The SMILES string of the molecule is CCCCOC(=O)n1nc(/C=C/C(=O)OC)c2cc(CO)ccc21. The molecule has 1 heterocycles. The Morgan fingerprint density at radius 2 is 2.17 bits per heavy atom. The summed E-state index contributed by atoms with van der Waals surface area (Å²) < 4.78 is 10.9. The molecule has 7 heteroatoms. The Balaban J connectivity index is 2.42. The first kappa shape index (κ1) is 17.7.